The van der Waals surface area contributed by atoms with Crippen molar-refractivity contribution < 1.29 is 14.7 Å². The van der Waals surface area contributed by atoms with Crippen molar-refractivity contribution in [2.75, 3.05) is 14.1 Å². The number of carboxylic acid groups (broad SMARTS) is 1. The van der Waals surface area contributed by atoms with Crippen LogP contribution >= 0.6 is 12.4 Å². The lowest BCUT2D eigenvalue weighted by Gasteiger charge is -2.07. The summed E-state index contributed by atoms with van der Waals surface area (Å²) in [6.45, 7) is 0. The summed E-state index contributed by atoms with van der Waals surface area (Å²) in [4.78, 5) is 21.3. The molecular formula is C7H15ClN2O3. The number of primary amides is 1. The second kappa shape index (κ2) is 6.54. The Labute approximate surface area is 83.3 Å². The molecule has 0 saturated heterocycles. The van der Waals surface area contributed by atoms with Crippen molar-refractivity contribution in [2.45, 2.75) is 12.8 Å². The van der Waals surface area contributed by atoms with Crippen LogP contribution in [-0.4, -0.2) is 36.1 Å². The maximum atomic E-state index is 10.8. The van der Waals surface area contributed by atoms with E-state index < -0.39 is 6.09 Å². The van der Waals surface area contributed by atoms with Gasteiger partial charge in [0, 0.05) is 20.0 Å². The van der Waals surface area contributed by atoms with E-state index in [0.717, 1.165) is 12.8 Å². The standard InChI is InChI=1S/C6H11NO.CH3NO2.ClH/c1-7(2)6(8)5-3-4-5;2-1(3)4;/h5H,3-4H2,1-2H3;2H2,(H,3,4);1H. The third-order valence-electron chi connectivity index (χ3n) is 1.37. The molecule has 1 aliphatic rings. The monoisotopic (exact) mass is 210 g/mol. The van der Waals surface area contributed by atoms with E-state index in [1.807, 2.05) is 0 Å². The Kier molecular flexibility index (Phi) is 7.31. The number of rotatable bonds is 1. The number of nitrogens with zero attached hydrogens (tertiary/aromatic N) is 1. The highest BCUT2D eigenvalue weighted by Gasteiger charge is 2.30. The predicted molar refractivity (Wildman–Crippen MR) is 50.9 cm³/mol. The first kappa shape index (κ1) is 14.5. The fraction of sp³-hybridized carbons (Fsp3) is 0.714. The smallest absolute Gasteiger partial charge is 0.402 e. The number of amides is 2. The molecule has 0 heterocycles. The summed E-state index contributed by atoms with van der Waals surface area (Å²) in [5.74, 6) is 0.676. The van der Waals surface area contributed by atoms with Crippen molar-refractivity contribution in [3.63, 3.8) is 0 Å². The molecule has 0 spiro atoms. The Bertz CT molecular complexity index is 173. The van der Waals surface area contributed by atoms with Crippen molar-refractivity contribution in [2.24, 2.45) is 11.7 Å². The number of carbonyl (C=O) groups excluding carboxylic acids is 1. The van der Waals surface area contributed by atoms with Crippen LogP contribution in [0.3, 0.4) is 0 Å². The normalized spacial score (nSPS) is 13.1. The van der Waals surface area contributed by atoms with Crippen LogP contribution in [0, 0.1) is 5.92 Å². The van der Waals surface area contributed by atoms with Crippen LogP contribution < -0.4 is 5.73 Å². The summed E-state index contributed by atoms with van der Waals surface area (Å²) < 4.78 is 0. The van der Waals surface area contributed by atoms with Crippen LogP contribution in [0.4, 0.5) is 4.79 Å². The van der Waals surface area contributed by atoms with Gasteiger partial charge < -0.3 is 15.7 Å². The van der Waals surface area contributed by atoms with Crippen LogP contribution in [-0.2, 0) is 4.79 Å². The molecule has 1 saturated carbocycles. The van der Waals surface area contributed by atoms with Gasteiger partial charge in [-0.25, -0.2) is 4.79 Å². The molecule has 2 amide bonds. The van der Waals surface area contributed by atoms with Crippen LogP contribution in [0.2, 0.25) is 0 Å². The maximum Gasteiger partial charge on any atom is 0.402 e. The highest BCUT2D eigenvalue weighted by molar-refractivity contribution is 5.85. The summed E-state index contributed by atoms with van der Waals surface area (Å²) in [7, 11) is 3.61. The summed E-state index contributed by atoms with van der Waals surface area (Å²) in [5.41, 5.74) is 4.03. The van der Waals surface area contributed by atoms with Gasteiger partial charge in [0.15, 0.2) is 0 Å². The summed E-state index contributed by atoms with van der Waals surface area (Å²) >= 11 is 0. The molecular weight excluding hydrogens is 196 g/mol. The van der Waals surface area contributed by atoms with E-state index >= 15 is 0 Å². The SMILES string of the molecule is CN(C)C(=O)C1CC1.Cl.NC(=O)O. The summed E-state index contributed by atoms with van der Waals surface area (Å²) in [5, 5.41) is 7.19. The predicted octanol–water partition coefficient (Wildman–Crippen LogP) is 0.529. The van der Waals surface area contributed by atoms with Crippen LogP contribution in [0.5, 0.6) is 0 Å². The van der Waals surface area contributed by atoms with E-state index in [4.69, 9.17) is 9.90 Å². The fourth-order valence-corrected chi connectivity index (χ4v) is 0.695. The number of hydrogen-bond donors (Lipinski definition) is 2. The first-order valence-electron chi connectivity index (χ1n) is 3.64. The van der Waals surface area contributed by atoms with E-state index in [9.17, 15) is 4.79 Å². The van der Waals surface area contributed by atoms with Crippen molar-refractivity contribution >= 4 is 24.4 Å². The molecule has 5 nitrogen and oxygen atoms in total. The van der Waals surface area contributed by atoms with Crippen LogP contribution in [0.15, 0.2) is 0 Å². The molecule has 0 bridgehead atoms. The van der Waals surface area contributed by atoms with E-state index in [1.165, 1.54) is 0 Å². The summed E-state index contributed by atoms with van der Waals surface area (Å²) in [6, 6.07) is 0. The molecule has 6 heteroatoms. The van der Waals surface area contributed by atoms with E-state index in [-0.39, 0.29) is 12.4 Å². The van der Waals surface area contributed by atoms with Gasteiger partial charge >= 0.3 is 6.09 Å². The van der Waals surface area contributed by atoms with Crippen molar-refractivity contribution in [3.8, 4) is 0 Å². The van der Waals surface area contributed by atoms with E-state index in [2.05, 4.69) is 5.73 Å². The van der Waals surface area contributed by atoms with Gasteiger partial charge in [-0.1, -0.05) is 0 Å². The number of halogens is 1. The lowest BCUT2D eigenvalue weighted by atomic mass is 10.4. The Hall–Kier alpha value is -0.970. The second-order valence-electron chi connectivity index (χ2n) is 2.85. The van der Waals surface area contributed by atoms with Crippen molar-refractivity contribution in [1.82, 2.24) is 4.90 Å². The number of carbonyl (C=O) groups is 2. The van der Waals surface area contributed by atoms with Gasteiger partial charge in [0.1, 0.15) is 0 Å². The molecule has 0 aromatic carbocycles. The van der Waals surface area contributed by atoms with Gasteiger partial charge in [-0.05, 0) is 12.8 Å². The lowest BCUT2D eigenvalue weighted by Crippen LogP contribution is -2.22. The second-order valence-corrected chi connectivity index (χ2v) is 2.85. The van der Waals surface area contributed by atoms with Gasteiger partial charge in [-0.2, -0.15) is 0 Å². The minimum Gasteiger partial charge on any atom is -0.465 e. The lowest BCUT2D eigenvalue weighted by molar-refractivity contribution is -0.129. The Morgan fingerprint density at radius 2 is 1.69 bits per heavy atom. The summed E-state index contributed by atoms with van der Waals surface area (Å²) in [6.07, 6.45) is 0.883. The topological polar surface area (TPSA) is 83.6 Å². The first-order chi connectivity index (χ1) is 5.45. The maximum absolute atomic E-state index is 10.8. The van der Waals surface area contributed by atoms with Gasteiger partial charge in [-0.3, -0.25) is 4.79 Å². The highest BCUT2D eigenvalue weighted by Crippen LogP contribution is 2.29. The van der Waals surface area contributed by atoms with Crippen molar-refractivity contribution in [3.05, 3.63) is 0 Å². The molecule has 0 radical (unpaired) electrons. The Balaban J connectivity index is 0. The zero-order valence-corrected chi connectivity index (χ0v) is 8.50. The zero-order valence-electron chi connectivity index (χ0n) is 7.69. The third-order valence-corrected chi connectivity index (χ3v) is 1.37. The van der Waals surface area contributed by atoms with E-state index in [1.54, 1.807) is 19.0 Å². The molecule has 0 atom stereocenters. The van der Waals surface area contributed by atoms with Crippen LogP contribution in [0.25, 0.3) is 0 Å². The van der Waals surface area contributed by atoms with Gasteiger partial charge in [0.25, 0.3) is 0 Å². The van der Waals surface area contributed by atoms with Gasteiger partial charge in [-0.15, -0.1) is 12.4 Å². The fourth-order valence-electron chi connectivity index (χ4n) is 0.695. The molecule has 1 rings (SSSR count). The molecule has 0 aromatic rings. The average Bonchev–Trinajstić information content (AvgIpc) is 2.65. The molecule has 13 heavy (non-hydrogen) atoms. The third kappa shape index (κ3) is 8.94. The highest BCUT2D eigenvalue weighted by atomic mass is 35.5. The minimum atomic E-state index is -1.33. The molecule has 0 aromatic heterocycles. The molecule has 1 fully saturated rings. The number of hydrogen-bond acceptors (Lipinski definition) is 2. The first-order valence-corrected chi connectivity index (χ1v) is 3.64. The molecule has 3 N–H and O–H groups in total. The largest absolute Gasteiger partial charge is 0.465 e. The minimum absolute atomic E-state index is 0. The quantitative estimate of drug-likeness (QED) is 0.662. The molecule has 0 unspecified atom stereocenters. The Morgan fingerprint density at radius 1 is 1.38 bits per heavy atom. The number of nitrogens with two attached hydrogens (primary N) is 1. The molecule has 0 aliphatic heterocycles. The average molecular weight is 211 g/mol. The van der Waals surface area contributed by atoms with Gasteiger partial charge in [0.2, 0.25) is 5.91 Å². The van der Waals surface area contributed by atoms with E-state index in [0.29, 0.717) is 11.8 Å². The van der Waals surface area contributed by atoms with Crippen LogP contribution in [0.1, 0.15) is 12.8 Å². The zero-order chi connectivity index (χ0) is 9.72. The molecule has 78 valence electrons. The Morgan fingerprint density at radius 3 is 1.77 bits per heavy atom. The van der Waals surface area contributed by atoms with Crippen molar-refractivity contribution in [1.29, 1.82) is 0 Å². The van der Waals surface area contributed by atoms with Gasteiger partial charge in [0.05, 0.1) is 0 Å². The molecule has 1 aliphatic carbocycles.